The summed E-state index contributed by atoms with van der Waals surface area (Å²) in [6, 6.07) is 0. The van der Waals surface area contributed by atoms with Crippen LogP contribution in [0.3, 0.4) is 0 Å². The zero-order valence-electron chi connectivity index (χ0n) is 7.50. The summed E-state index contributed by atoms with van der Waals surface area (Å²) >= 11 is 0. The van der Waals surface area contributed by atoms with Gasteiger partial charge in [0.15, 0.2) is 0 Å². The summed E-state index contributed by atoms with van der Waals surface area (Å²) < 4.78 is 5.48. The zero-order chi connectivity index (χ0) is 8.65. The highest BCUT2D eigenvalue weighted by molar-refractivity contribution is 6.13. The summed E-state index contributed by atoms with van der Waals surface area (Å²) in [6.07, 6.45) is 0.602. The molecule has 62 valence electrons. The molecule has 0 aromatic rings. The van der Waals surface area contributed by atoms with Crippen LogP contribution in [0.4, 0.5) is 0 Å². The van der Waals surface area contributed by atoms with Crippen molar-refractivity contribution in [2.75, 3.05) is 7.05 Å². The number of rotatable bonds is 1. The topological polar surface area (TPSA) is 29.5 Å². The smallest absolute Gasteiger partial charge is 0.149 e. The Kier molecular flexibility index (Phi) is 2.07. The molecule has 0 amide bonds. The molecule has 0 spiro atoms. The van der Waals surface area contributed by atoms with Crippen molar-refractivity contribution in [1.82, 2.24) is 4.90 Å². The van der Waals surface area contributed by atoms with Crippen LogP contribution in [-0.2, 0) is 9.53 Å². The van der Waals surface area contributed by atoms with Crippen LogP contribution in [0, 0.1) is 0 Å². The Balaban J connectivity index is 2.76. The minimum absolute atomic E-state index is 0.183. The van der Waals surface area contributed by atoms with Crippen LogP contribution in [0.15, 0.2) is 0 Å². The summed E-state index contributed by atoms with van der Waals surface area (Å²) in [5, 5.41) is 0. The van der Waals surface area contributed by atoms with Crippen molar-refractivity contribution in [3.8, 4) is 0 Å². The Hall–Kier alpha value is -0.345. The second-order valence-corrected chi connectivity index (χ2v) is 3.52. The average molecular weight is 155 g/mol. The summed E-state index contributed by atoms with van der Waals surface area (Å²) in [5.41, 5.74) is -0.301. The van der Waals surface area contributed by atoms with E-state index in [4.69, 9.17) is 4.74 Å². The molecule has 0 bridgehead atoms. The third-order valence-electron chi connectivity index (χ3n) is 2.49. The zero-order valence-corrected chi connectivity index (χ0v) is 7.50. The van der Waals surface area contributed by atoms with Gasteiger partial charge in [-0.1, -0.05) is 0 Å². The Bertz CT molecular complexity index is 172. The van der Waals surface area contributed by atoms with Crippen molar-refractivity contribution in [2.24, 2.45) is 0 Å². The first-order chi connectivity index (χ1) is 4.99. The van der Waals surface area contributed by atoms with Crippen LogP contribution >= 0.6 is 0 Å². The largest absolute Gasteiger partial charge is 0.349 e. The van der Waals surface area contributed by atoms with Gasteiger partial charge in [-0.15, -0.1) is 0 Å². The maximum absolute atomic E-state index is 10.5. The van der Waals surface area contributed by atoms with Gasteiger partial charge >= 0.3 is 0 Å². The van der Waals surface area contributed by atoms with Gasteiger partial charge < -0.3 is 9.53 Å². The lowest BCUT2D eigenvalue weighted by Gasteiger charge is -2.27. The van der Waals surface area contributed by atoms with E-state index >= 15 is 0 Å². The minimum atomic E-state index is -0.301. The molecule has 2 atom stereocenters. The van der Waals surface area contributed by atoms with Crippen molar-refractivity contribution in [3.05, 3.63) is 0 Å². The van der Waals surface area contributed by atoms with E-state index in [1.54, 1.807) is 0 Å². The Morgan fingerprint density at radius 3 is 2.36 bits per heavy atom. The number of nitrogens with zero attached hydrogens (tertiary/aromatic N) is 1. The highest BCUT2D eigenvalue weighted by Gasteiger charge is 2.41. The summed E-state index contributed by atoms with van der Waals surface area (Å²) in [4.78, 5) is 12.6. The van der Waals surface area contributed by atoms with Crippen LogP contribution in [-0.4, -0.2) is 43.9 Å². The molecule has 0 aromatic carbocycles. The number of hydrogen-bond acceptors (Lipinski definition) is 3. The molecule has 0 radical (unpaired) electrons. The van der Waals surface area contributed by atoms with Crippen molar-refractivity contribution in [1.29, 1.82) is 0 Å². The molecule has 1 rings (SSSR count). The molecule has 4 heteroatoms. The van der Waals surface area contributed by atoms with Gasteiger partial charge in [-0.25, -0.2) is 0 Å². The Morgan fingerprint density at radius 2 is 2.18 bits per heavy atom. The lowest BCUT2D eigenvalue weighted by Crippen LogP contribution is -2.41. The van der Waals surface area contributed by atoms with Crippen molar-refractivity contribution in [3.63, 3.8) is 0 Å². The van der Waals surface area contributed by atoms with Gasteiger partial charge in [0.2, 0.25) is 0 Å². The van der Waals surface area contributed by atoms with Crippen LogP contribution in [0.2, 0.25) is 0 Å². The monoisotopic (exact) mass is 155 g/mol. The Labute approximate surface area is 68.1 Å². The number of hydrogen-bond donors (Lipinski definition) is 0. The normalized spacial score (nSPS) is 37.4. The van der Waals surface area contributed by atoms with E-state index in [9.17, 15) is 4.79 Å². The van der Waals surface area contributed by atoms with E-state index in [0.717, 1.165) is 6.29 Å². The molecule has 0 N–H and O–H groups in total. The SMILES string of the molecule is BC1C(C=O)OC(C)(C)N1C. The van der Waals surface area contributed by atoms with Gasteiger partial charge in [0.05, 0.1) is 0 Å². The highest BCUT2D eigenvalue weighted by atomic mass is 16.5. The molecule has 3 nitrogen and oxygen atoms in total. The van der Waals surface area contributed by atoms with Gasteiger partial charge in [-0.05, 0) is 20.9 Å². The second kappa shape index (κ2) is 2.61. The van der Waals surface area contributed by atoms with Crippen LogP contribution in [0.25, 0.3) is 0 Å². The third-order valence-corrected chi connectivity index (χ3v) is 2.49. The van der Waals surface area contributed by atoms with E-state index in [1.807, 2.05) is 28.7 Å². The quantitative estimate of drug-likeness (QED) is 0.367. The molecule has 0 aromatic heterocycles. The maximum Gasteiger partial charge on any atom is 0.149 e. The summed E-state index contributed by atoms with van der Waals surface area (Å²) in [5.74, 6) is 0.183. The van der Waals surface area contributed by atoms with Gasteiger partial charge in [-0.3, -0.25) is 4.90 Å². The maximum atomic E-state index is 10.5. The van der Waals surface area contributed by atoms with Crippen molar-refractivity contribution >= 4 is 14.1 Å². The minimum Gasteiger partial charge on any atom is -0.349 e. The van der Waals surface area contributed by atoms with Crippen molar-refractivity contribution in [2.45, 2.75) is 31.6 Å². The van der Waals surface area contributed by atoms with E-state index in [0.29, 0.717) is 0 Å². The molecule has 11 heavy (non-hydrogen) atoms. The van der Waals surface area contributed by atoms with E-state index in [1.165, 1.54) is 0 Å². The average Bonchev–Trinajstić information content (AvgIpc) is 2.13. The number of carbonyl (C=O) groups is 1. The van der Waals surface area contributed by atoms with Gasteiger partial charge in [0.25, 0.3) is 0 Å². The van der Waals surface area contributed by atoms with E-state index < -0.39 is 0 Å². The molecule has 1 aliphatic heterocycles. The molecular weight excluding hydrogens is 141 g/mol. The number of likely N-dealkylation sites (N-methyl/N-ethyl adjacent to an activating group) is 1. The Morgan fingerprint density at radius 1 is 1.64 bits per heavy atom. The number of carbonyl (C=O) groups excluding carboxylic acids is 1. The standard InChI is InChI=1S/C7H14BNO2/c1-7(2)9(3)6(8)5(4-10)11-7/h4-6H,8H2,1-3H3. The van der Waals surface area contributed by atoms with Crippen LogP contribution < -0.4 is 0 Å². The third kappa shape index (κ3) is 1.33. The molecule has 1 aliphatic rings. The number of aldehydes is 1. The second-order valence-electron chi connectivity index (χ2n) is 3.52. The van der Waals surface area contributed by atoms with Crippen molar-refractivity contribution < 1.29 is 9.53 Å². The molecule has 2 unspecified atom stereocenters. The molecular formula is C7H14BNO2. The fraction of sp³-hybridized carbons (Fsp3) is 0.857. The van der Waals surface area contributed by atoms with E-state index in [2.05, 4.69) is 4.90 Å². The summed E-state index contributed by atoms with van der Waals surface area (Å²) in [7, 11) is 3.96. The molecule has 0 saturated carbocycles. The first kappa shape index (κ1) is 8.75. The van der Waals surface area contributed by atoms with E-state index in [-0.39, 0.29) is 17.8 Å². The predicted molar refractivity (Wildman–Crippen MR) is 45.1 cm³/mol. The lowest BCUT2D eigenvalue weighted by molar-refractivity contribution is -0.123. The highest BCUT2D eigenvalue weighted by Crippen LogP contribution is 2.27. The fourth-order valence-electron chi connectivity index (χ4n) is 1.37. The first-order valence-electron chi connectivity index (χ1n) is 3.85. The fourth-order valence-corrected chi connectivity index (χ4v) is 1.37. The van der Waals surface area contributed by atoms with Gasteiger partial charge in [0.1, 0.15) is 26.0 Å². The lowest BCUT2D eigenvalue weighted by atomic mass is 9.91. The molecule has 1 fully saturated rings. The van der Waals surface area contributed by atoms with Gasteiger partial charge in [-0.2, -0.15) is 0 Å². The van der Waals surface area contributed by atoms with Crippen LogP contribution in [0.1, 0.15) is 13.8 Å². The van der Waals surface area contributed by atoms with Gasteiger partial charge in [0, 0.05) is 5.94 Å². The molecule has 1 saturated heterocycles. The first-order valence-corrected chi connectivity index (χ1v) is 3.85. The van der Waals surface area contributed by atoms with Crippen LogP contribution in [0.5, 0.6) is 0 Å². The summed E-state index contributed by atoms with van der Waals surface area (Å²) in [6.45, 7) is 3.93. The molecule has 0 aliphatic carbocycles. The molecule has 1 heterocycles. The predicted octanol–water partition coefficient (Wildman–Crippen LogP) is -0.789. The number of ether oxygens (including phenoxy) is 1.